The molecule has 0 fully saturated rings. The van der Waals surface area contributed by atoms with Crippen LogP contribution in [-0.4, -0.2) is 24.3 Å². The summed E-state index contributed by atoms with van der Waals surface area (Å²) in [6.45, 7) is 5.26. The number of aryl methyl sites for hydroxylation is 1. The van der Waals surface area contributed by atoms with Crippen LogP contribution in [0.3, 0.4) is 0 Å². The lowest BCUT2D eigenvalue weighted by Crippen LogP contribution is -2.09. The first-order valence-corrected chi connectivity index (χ1v) is 8.21. The number of benzene rings is 2. The molecule has 0 radical (unpaired) electrons. The van der Waals surface area contributed by atoms with Gasteiger partial charge >= 0.3 is 5.97 Å². The Morgan fingerprint density at radius 3 is 1.88 bits per heavy atom. The highest BCUT2D eigenvalue weighted by Gasteiger charge is 2.01. The van der Waals surface area contributed by atoms with Gasteiger partial charge in [-0.1, -0.05) is 38.1 Å². The molecule has 0 bridgehead atoms. The van der Waals surface area contributed by atoms with Crippen LogP contribution < -0.4 is 9.47 Å². The number of hydrogen-bond acceptors (Lipinski definition) is 3. The highest BCUT2D eigenvalue weighted by Crippen LogP contribution is 2.18. The molecule has 4 nitrogen and oxygen atoms in total. The zero-order chi connectivity index (χ0) is 17.4. The summed E-state index contributed by atoms with van der Waals surface area (Å²) in [5.41, 5.74) is 2.29. The van der Waals surface area contributed by atoms with E-state index in [-0.39, 0.29) is 6.42 Å². The number of rotatable bonds is 9. The van der Waals surface area contributed by atoms with Gasteiger partial charge in [0.15, 0.2) is 0 Å². The van der Waals surface area contributed by atoms with Crippen LogP contribution in [0.15, 0.2) is 48.5 Å². The molecule has 1 N–H and O–H groups in total. The Bertz CT molecular complexity index is 630. The molecule has 4 heteroatoms. The van der Waals surface area contributed by atoms with Gasteiger partial charge in [0.1, 0.15) is 24.7 Å². The van der Waals surface area contributed by atoms with Crippen LogP contribution in [0.2, 0.25) is 0 Å². The van der Waals surface area contributed by atoms with Crippen molar-refractivity contribution in [2.45, 2.75) is 32.6 Å². The van der Waals surface area contributed by atoms with Crippen LogP contribution in [0.4, 0.5) is 0 Å². The summed E-state index contributed by atoms with van der Waals surface area (Å²) in [6.07, 6.45) is 0.675. The summed E-state index contributed by atoms with van der Waals surface area (Å²) in [6, 6.07) is 15.6. The fourth-order valence-electron chi connectivity index (χ4n) is 2.27. The van der Waals surface area contributed by atoms with E-state index in [1.165, 1.54) is 5.56 Å². The van der Waals surface area contributed by atoms with Crippen molar-refractivity contribution in [2.75, 3.05) is 13.2 Å². The summed E-state index contributed by atoms with van der Waals surface area (Å²) in [4.78, 5) is 10.5. The number of carboxylic acid groups (broad SMARTS) is 1. The molecule has 2 aromatic rings. The van der Waals surface area contributed by atoms with Gasteiger partial charge in [-0.15, -0.1) is 0 Å². The summed E-state index contributed by atoms with van der Waals surface area (Å²) in [7, 11) is 0. The van der Waals surface area contributed by atoms with Gasteiger partial charge in [-0.25, -0.2) is 0 Å². The second-order valence-corrected chi connectivity index (χ2v) is 5.96. The Kier molecular flexibility index (Phi) is 6.67. The van der Waals surface area contributed by atoms with Gasteiger partial charge in [-0.2, -0.15) is 0 Å². The molecule has 0 amide bonds. The molecule has 0 atom stereocenters. The molecule has 0 heterocycles. The molecule has 0 spiro atoms. The predicted molar refractivity (Wildman–Crippen MR) is 93.9 cm³/mol. The van der Waals surface area contributed by atoms with Crippen molar-refractivity contribution in [3.63, 3.8) is 0 Å². The summed E-state index contributed by atoms with van der Waals surface area (Å²) < 4.78 is 11.3. The number of ether oxygens (including phenoxy) is 2. The molecule has 128 valence electrons. The van der Waals surface area contributed by atoms with Crippen molar-refractivity contribution in [1.29, 1.82) is 0 Å². The molecule has 0 aliphatic heterocycles. The monoisotopic (exact) mass is 328 g/mol. The topological polar surface area (TPSA) is 55.8 Å². The Balaban J connectivity index is 1.71. The summed E-state index contributed by atoms with van der Waals surface area (Å²) >= 11 is 0. The second-order valence-electron chi connectivity index (χ2n) is 5.96. The first kappa shape index (κ1) is 17.9. The van der Waals surface area contributed by atoms with E-state index in [9.17, 15) is 4.79 Å². The van der Waals surface area contributed by atoms with Crippen LogP contribution >= 0.6 is 0 Å². The van der Waals surface area contributed by atoms with Crippen LogP contribution in [-0.2, 0) is 11.2 Å². The molecule has 2 rings (SSSR count). The van der Waals surface area contributed by atoms with Gasteiger partial charge in [0.25, 0.3) is 0 Å². The maximum absolute atomic E-state index is 10.5. The minimum absolute atomic E-state index is 0.143. The molecule has 0 saturated heterocycles. The van der Waals surface area contributed by atoms with Crippen molar-refractivity contribution in [2.24, 2.45) is 0 Å². The Morgan fingerprint density at radius 1 is 0.917 bits per heavy atom. The van der Waals surface area contributed by atoms with Gasteiger partial charge in [0.2, 0.25) is 0 Å². The first-order valence-electron chi connectivity index (χ1n) is 8.21. The average molecular weight is 328 g/mol. The van der Waals surface area contributed by atoms with Gasteiger partial charge in [-0.3, -0.25) is 4.79 Å². The van der Waals surface area contributed by atoms with Crippen molar-refractivity contribution >= 4 is 5.97 Å². The molecule has 0 aliphatic carbocycles. The van der Waals surface area contributed by atoms with E-state index < -0.39 is 5.97 Å². The molecular formula is C20H24O4. The maximum atomic E-state index is 10.5. The van der Waals surface area contributed by atoms with E-state index in [4.69, 9.17) is 14.6 Å². The van der Waals surface area contributed by atoms with Gasteiger partial charge < -0.3 is 14.6 Å². The standard InChI is InChI=1S/C20H24O4/c1-15(2)17-6-10-19(11-7-17)24-14-13-23-18-8-3-16(4-9-18)5-12-20(21)22/h3-4,6-11,15H,5,12-14H2,1-2H3,(H,21,22). The quantitative estimate of drug-likeness (QED) is 0.698. The summed E-state index contributed by atoms with van der Waals surface area (Å²) in [5.74, 6) is 1.33. The van der Waals surface area contributed by atoms with Crippen molar-refractivity contribution in [1.82, 2.24) is 0 Å². The van der Waals surface area contributed by atoms with Gasteiger partial charge in [0.05, 0.1) is 0 Å². The highest BCUT2D eigenvalue weighted by atomic mass is 16.5. The zero-order valence-corrected chi connectivity index (χ0v) is 14.2. The van der Waals surface area contributed by atoms with Crippen molar-refractivity contribution in [3.8, 4) is 11.5 Å². The van der Waals surface area contributed by atoms with Crippen molar-refractivity contribution < 1.29 is 19.4 Å². The maximum Gasteiger partial charge on any atom is 0.303 e. The van der Waals surface area contributed by atoms with Crippen LogP contribution in [0, 0.1) is 0 Å². The third-order valence-electron chi connectivity index (χ3n) is 3.72. The molecule has 0 saturated carbocycles. The Morgan fingerprint density at radius 2 is 1.42 bits per heavy atom. The second kappa shape index (κ2) is 8.96. The Hall–Kier alpha value is -2.49. The summed E-state index contributed by atoms with van der Waals surface area (Å²) in [5, 5.41) is 8.67. The SMILES string of the molecule is CC(C)c1ccc(OCCOc2ccc(CCC(=O)O)cc2)cc1. The van der Waals surface area contributed by atoms with Crippen molar-refractivity contribution in [3.05, 3.63) is 59.7 Å². The minimum atomic E-state index is -0.783. The molecule has 2 aromatic carbocycles. The predicted octanol–water partition coefficient (Wildman–Crippen LogP) is 4.29. The van der Waals surface area contributed by atoms with E-state index in [2.05, 4.69) is 26.0 Å². The minimum Gasteiger partial charge on any atom is -0.490 e. The zero-order valence-electron chi connectivity index (χ0n) is 14.2. The number of aliphatic carboxylic acids is 1. The lowest BCUT2D eigenvalue weighted by molar-refractivity contribution is -0.136. The molecular weight excluding hydrogens is 304 g/mol. The molecule has 0 unspecified atom stereocenters. The molecule has 0 aromatic heterocycles. The highest BCUT2D eigenvalue weighted by molar-refractivity contribution is 5.67. The smallest absolute Gasteiger partial charge is 0.303 e. The fourth-order valence-corrected chi connectivity index (χ4v) is 2.27. The lowest BCUT2D eigenvalue weighted by atomic mass is 10.0. The first-order chi connectivity index (χ1) is 11.5. The van der Waals surface area contributed by atoms with E-state index in [1.807, 2.05) is 36.4 Å². The van der Waals surface area contributed by atoms with Gasteiger partial charge in [-0.05, 0) is 47.7 Å². The molecule has 24 heavy (non-hydrogen) atoms. The van der Waals surface area contributed by atoms with E-state index in [1.54, 1.807) is 0 Å². The van der Waals surface area contributed by atoms with E-state index in [0.717, 1.165) is 17.1 Å². The Labute approximate surface area is 143 Å². The fraction of sp³-hybridized carbons (Fsp3) is 0.350. The normalized spacial score (nSPS) is 10.6. The van der Waals surface area contributed by atoms with Crippen LogP contribution in [0.25, 0.3) is 0 Å². The van der Waals surface area contributed by atoms with E-state index >= 15 is 0 Å². The van der Waals surface area contributed by atoms with Gasteiger partial charge in [0, 0.05) is 6.42 Å². The van der Waals surface area contributed by atoms with Crippen LogP contribution in [0.5, 0.6) is 11.5 Å². The number of carbonyl (C=O) groups is 1. The third kappa shape index (κ3) is 5.95. The largest absolute Gasteiger partial charge is 0.490 e. The van der Waals surface area contributed by atoms with E-state index in [0.29, 0.717) is 25.6 Å². The number of hydrogen-bond donors (Lipinski definition) is 1. The van der Waals surface area contributed by atoms with Crippen LogP contribution in [0.1, 0.15) is 37.3 Å². The lowest BCUT2D eigenvalue weighted by Gasteiger charge is -2.10. The molecule has 0 aliphatic rings. The average Bonchev–Trinajstić information content (AvgIpc) is 2.58. The number of carboxylic acids is 1. The third-order valence-corrected chi connectivity index (χ3v) is 3.72.